The van der Waals surface area contributed by atoms with Crippen molar-refractivity contribution in [3.05, 3.63) is 52.1 Å². The van der Waals surface area contributed by atoms with Crippen molar-refractivity contribution in [3.63, 3.8) is 0 Å². The van der Waals surface area contributed by atoms with Crippen molar-refractivity contribution >= 4 is 17.0 Å². The molecule has 0 saturated heterocycles. The number of nitrogens with one attached hydrogen (secondary N) is 1. The molecule has 6 heteroatoms. The van der Waals surface area contributed by atoms with Gasteiger partial charge in [-0.15, -0.1) is 0 Å². The van der Waals surface area contributed by atoms with E-state index in [1.54, 1.807) is 31.2 Å². The third kappa shape index (κ3) is 2.01. The van der Waals surface area contributed by atoms with E-state index in [2.05, 4.69) is 15.0 Å². The SMILES string of the molecule is Cc1cc(-c2ccc3nc(N)[nH]c(=O)c3n2)ccc1F. The topological polar surface area (TPSA) is 84.7 Å². The fourth-order valence-electron chi connectivity index (χ4n) is 2.01. The number of aromatic nitrogens is 3. The van der Waals surface area contributed by atoms with E-state index in [0.717, 1.165) is 5.56 Å². The van der Waals surface area contributed by atoms with Crippen molar-refractivity contribution in [1.29, 1.82) is 0 Å². The number of nitrogens with two attached hydrogens (primary N) is 1. The summed E-state index contributed by atoms with van der Waals surface area (Å²) in [5, 5.41) is 0. The quantitative estimate of drug-likeness (QED) is 0.708. The fraction of sp³-hybridized carbons (Fsp3) is 0.0714. The number of aryl methyl sites for hydroxylation is 1. The number of nitrogens with zero attached hydrogens (tertiary/aromatic N) is 2. The highest BCUT2D eigenvalue weighted by molar-refractivity contribution is 5.78. The van der Waals surface area contributed by atoms with Crippen LogP contribution in [0.25, 0.3) is 22.3 Å². The summed E-state index contributed by atoms with van der Waals surface area (Å²) in [5.41, 5.74) is 7.55. The van der Waals surface area contributed by atoms with Crippen molar-refractivity contribution in [1.82, 2.24) is 15.0 Å². The minimum atomic E-state index is -0.395. The van der Waals surface area contributed by atoms with Crippen molar-refractivity contribution < 1.29 is 4.39 Å². The van der Waals surface area contributed by atoms with Gasteiger partial charge in [-0.25, -0.2) is 14.4 Å². The molecular weight excluding hydrogens is 259 g/mol. The molecule has 5 nitrogen and oxygen atoms in total. The van der Waals surface area contributed by atoms with Crippen LogP contribution in [0.15, 0.2) is 35.1 Å². The number of pyridine rings is 1. The smallest absolute Gasteiger partial charge is 0.278 e. The number of halogens is 1. The van der Waals surface area contributed by atoms with Gasteiger partial charge < -0.3 is 5.73 Å². The molecule has 0 amide bonds. The summed E-state index contributed by atoms with van der Waals surface area (Å²) in [6, 6.07) is 8.07. The Hall–Kier alpha value is -2.76. The molecule has 0 bridgehead atoms. The highest BCUT2D eigenvalue weighted by atomic mass is 19.1. The van der Waals surface area contributed by atoms with Crippen LogP contribution >= 0.6 is 0 Å². The Labute approximate surface area is 113 Å². The third-order valence-electron chi connectivity index (χ3n) is 3.03. The first-order valence-electron chi connectivity index (χ1n) is 5.97. The van der Waals surface area contributed by atoms with Gasteiger partial charge in [-0.05, 0) is 42.8 Å². The lowest BCUT2D eigenvalue weighted by Crippen LogP contribution is -2.12. The van der Waals surface area contributed by atoms with Crippen LogP contribution < -0.4 is 11.3 Å². The van der Waals surface area contributed by atoms with Gasteiger partial charge in [-0.1, -0.05) is 0 Å². The number of aromatic amines is 1. The van der Waals surface area contributed by atoms with Crippen molar-refractivity contribution in [2.24, 2.45) is 0 Å². The van der Waals surface area contributed by atoms with E-state index in [1.807, 2.05) is 0 Å². The van der Waals surface area contributed by atoms with Gasteiger partial charge in [-0.2, -0.15) is 0 Å². The van der Waals surface area contributed by atoms with E-state index in [1.165, 1.54) is 6.07 Å². The molecule has 0 saturated carbocycles. The van der Waals surface area contributed by atoms with Crippen LogP contribution in [0.2, 0.25) is 0 Å². The molecule has 3 rings (SSSR count). The zero-order valence-electron chi connectivity index (χ0n) is 10.6. The molecule has 0 aliphatic rings. The molecule has 0 spiro atoms. The molecule has 2 heterocycles. The average Bonchev–Trinajstić information content (AvgIpc) is 2.41. The zero-order valence-corrected chi connectivity index (χ0v) is 10.6. The number of fused-ring (bicyclic) bond motifs is 1. The first-order valence-corrected chi connectivity index (χ1v) is 5.97. The summed E-state index contributed by atoms with van der Waals surface area (Å²) in [4.78, 5) is 22.5. The normalized spacial score (nSPS) is 10.9. The lowest BCUT2D eigenvalue weighted by atomic mass is 10.1. The van der Waals surface area contributed by atoms with Crippen LogP contribution in [-0.4, -0.2) is 15.0 Å². The van der Waals surface area contributed by atoms with Crippen LogP contribution in [0.3, 0.4) is 0 Å². The first-order chi connectivity index (χ1) is 9.54. The van der Waals surface area contributed by atoms with Crippen molar-refractivity contribution in [2.75, 3.05) is 5.73 Å². The summed E-state index contributed by atoms with van der Waals surface area (Å²) in [6.45, 7) is 1.68. The Morgan fingerprint density at radius 3 is 2.75 bits per heavy atom. The molecule has 20 heavy (non-hydrogen) atoms. The molecule has 100 valence electrons. The van der Waals surface area contributed by atoms with Crippen LogP contribution in [0, 0.1) is 12.7 Å². The van der Waals surface area contributed by atoms with Gasteiger partial charge in [0, 0.05) is 5.56 Å². The Bertz CT molecular complexity index is 873. The summed E-state index contributed by atoms with van der Waals surface area (Å²) < 4.78 is 13.3. The molecular formula is C14H11FN4O. The van der Waals surface area contributed by atoms with Crippen molar-refractivity contribution in [3.8, 4) is 11.3 Å². The molecule has 2 aromatic heterocycles. The molecule has 0 aliphatic carbocycles. The van der Waals surface area contributed by atoms with E-state index in [4.69, 9.17) is 5.73 Å². The van der Waals surface area contributed by atoms with Gasteiger partial charge in [0.2, 0.25) is 5.95 Å². The van der Waals surface area contributed by atoms with E-state index in [0.29, 0.717) is 16.8 Å². The molecule has 1 aromatic carbocycles. The largest absolute Gasteiger partial charge is 0.369 e. The van der Waals surface area contributed by atoms with Gasteiger partial charge >= 0.3 is 0 Å². The number of hydrogen-bond donors (Lipinski definition) is 2. The predicted octanol–water partition coefficient (Wildman–Crippen LogP) is 2.01. The van der Waals surface area contributed by atoms with Crippen LogP contribution in [0.5, 0.6) is 0 Å². The summed E-state index contributed by atoms with van der Waals surface area (Å²) in [7, 11) is 0. The second-order valence-electron chi connectivity index (χ2n) is 4.48. The van der Waals surface area contributed by atoms with Gasteiger partial charge in [0.1, 0.15) is 5.82 Å². The summed E-state index contributed by atoms with van der Waals surface area (Å²) >= 11 is 0. The molecule has 0 fully saturated rings. The van der Waals surface area contributed by atoms with Crippen LogP contribution in [0.1, 0.15) is 5.56 Å². The average molecular weight is 270 g/mol. The first kappa shape index (κ1) is 12.3. The lowest BCUT2D eigenvalue weighted by molar-refractivity contribution is 0.619. The monoisotopic (exact) mass is 270 g/mol. The molecule has 3 aromatic rings. The number of benzene rings is 1. The minimum absolute atomic E-state index is 0.0506. The van der Waals surface area contributed by atoms with Gasteiger partial charge in [0.15, 0.2) is 5.52 Å². The van der Waals surface area contributed by atoms with Gasteiger partial charge in [0.25, 0.3) is 5.56 Å². The molecule has 3 N–H and O–H groups in total. The molecule has 0 atom stereocenters. The van der Waals surface area contributed by atoms with Crippen LogP contribution in [-0.2, 0) is 0 Å². The Morgan fingerprint density at radius 2 is 2.00 bits per heavy atom. The van der Waals surface area contributed by atoms with Crippen molar-refractivity contribution in [2.45, 2.75) is 6.92 Å². The minimum Gasteiger partial charge on any atom is -0.369 e. The maximum Gasteiger partial charge on any atom is 0.278 e. The van der Waals surface area contributed by atoms with E-state index < -0.39 is 5.56 Å². The Morgan fingerprint density at radius 1 is 1.20 bits per heavy atom. The maximum atomic E-state index is 13.3. The third-order valence-corrected chi connectivity index (χ3v) is 3.03. The van der Waals surface area contributed by atoms with E-state index >= 15 is 0 Å². The molecule has 0 radical (unpaired) electrons. The van der Waals surface area contributed by atoms with Gasteiger partial charge in [0.05, 0.1) is 11.2 Å². The maximum absolute atomic E-state index is 13.3. The highest BCUT2D eigenvalue weighted by Gasteiger charge is 2.08. The highest BCUT2D eigenvalue weighted by Crippen LogP contribution is 2.21. The second kappa shape index (κ2) is 4.41. The molecule has 0 aliphatic heterocycles. The molecule has 0 unspecified atom stereocenters. The summed E-state index contributed by atoms with van der Waals surface area (Å²) in [5.74, 6) is -0.225. The summed E-state index contributed by atoms with van der Waals surface area (Å²) in [6.07, 6.45) is 0. The lowest BCUT2D eigenvalue weighted by Gasteiger charge is -2.04. The number of nitrogen functional groups attached to an aromatic ring is 1. The second-order valence-corrected chi connectivity index (χ2v) is 4.48. The number of rotatable bonds is 1. The van der Waals surface area contributed by atoms with Gasteiger partial charge in [-0.3, -0.25) is 9.78 Å². The number of anilines is 1. The Balaban J connectivity index is 2.22. The number of H-pyrrole nitrogens is 1. The predicted molar refractivity (Wildman–Crippen MR) is 74.7 cm³/mol. The zero-order chi connectivity index (χ0) is 14.3. The van der Waals surface area contributed by atoms with E-state index in [9.17, 15) is 9.18 Å². The Kier molecular flexibility index (Phi) is 2.71. The standard InChI is InChI=1S/C14H11FN4O/c1-7-6-8(2-3-9(7)15)10-4-5-11-12(17-10)13(20)19-14(16)18-11/h2-6H,1H3,(H3,16,18,19,20). The van der Waals surface area contributed by atoms with E-state index in [-0.39, 0.29) is 17.3 Å². The number of hydrogen-bond acceptors (Lipinski definition) is 4. The van der Waals surface area contributed by atoms with Crippen LogP contribution in [0.4, 0.5) is 10.3 Å². The fourth-order valence-corrected chi connectivity index (χ4v) is 2.01.